The van der Waals surface area contributed by atoms with Crippen molar-refractivity contribution >= 4 is 56.5 Å². The first-order valence-electron chi connectivity index (χ1n) is 9.43. The van der Waals surface area contributed by atoms with Crippen LogP contribution in [-0.4, -0.2) is 24.1 Å². The summed E-state index contributed by atoms with van der Waals surface area (Å²) in [6.45, 7) is 0.342. The van der Waals surface area contributed by atoms with Crippen LogP contribution in [0.15, 0.2) is 76.9 Å². The first kappa shape index (κ1) is 23.8. The van der Waals surface area contributed by atoms with Crippen LogP contribution in [0.5, 0.6) is 11.5 Å². The number of carbonyl (C=O) groups excluding carboxylic acids is 1. The SMILES string of the molecule is COc1cc(/C=C(/NC(=O)c2ccccc2)C(=O)O)cc(Br)c1OCc1ccc(I)cc1. The van der Waals surface area contributed by atoms with E-state index in [-0.39, 0.29) is 5.70 Å². The van der Waals surface area contributed by atoms with Crippen molar-refractivity contribution in [1.82, 2.24) is 5.32 Å². The minimum atomic E-state index is -1.26. The van der Waals surface area contributed by atoms with Crippen molar-refractivity contribution in [2.75, 3.05) is 7.11 Å². The highest BCUT2D eigenvalue weighted by atomic mass is 127. The Morgan fingerprint density at radius 3 is 2.41 bits per heavy atom. The second kappa shape index (κ2) is 11.1. The van der Waals surface area contributed by atoms with E-state index in [1.807, 2.05) is 24.3 Å². The maximum atomic E-state index is 12.4. The number of hydrogen-bond acceptors (Lipinski definition) is 4. The molecule has 1 amide bonds. The van der Waals surface area contributed by atoms with E-state index in [1.54, 1.807) is 42.5 Å². The van der Waals surface area contributed by atoms with Crippen LogP contribution in [-0.2, 0) is 11.4 Å². The number of nitrogens with one attached hydrogen (secondary N) is 1. The van der Waals surface area contributed by atoms with Gasteiger partial charge in [-0.1, -0.05) is 30.3 Å². The summed E-state index contributed by atoms with van der Waals surface area (Å²) in [6, 6.07) is 19.7. The molecule has 0 aliphatic rings. The van der Waals surface area contributed by atoms with E-state index in [0.717, 1.165) is 9.13 Å². The summed E-state index contributed by atoms with van der Waals surface area (Å²) in [7, 11) is 1.50. The number of benzene rings is 3. The Morgan fingerprint density at radius 2 is 1.78 bits per heavy atom. The highest BCUT2D eigenvalue weighted by Crippen LogP contribution is 2.37. The van der Waals surface area contributed by atoms with E-state index in [2.05, 4.69) is 43.8 Å². The maximum Gasteiger partial charge on any atom is 0.352 e. The molecule has 0 aliphatic carbocycles. The van der Waals surface area contributed by atoms with Crippen molar-refractivity contribution in [3.05, 3.63) is 97.2 Å². The first-order chi connectivity index (χ1) is 15.4. The highest BCUT2D eigenvalue weighted by molar-refractivity contribution is 14.1. The van der Waals surface area contributed by atoms with Gasteiger partial charge in [-0.2, -0.15) is 0 Å². The summed E-state index contributed by atoms with van der Waals surface area (Å²) in [5.74, 6) is -0.852. The van der Waals surface area contributed by atoms with Crippen molar-refractivity contribution in [2.45, 2.75) is 6.61 Å². The molecule has 164 valence electrons. The van der Waals surface area contributed by atoms with Gasteiger partial charge in [0.05, 0.1) is 11.6 Å². The molecule has 0 bridgehead atoms. The maximum absolute atomic E-state index is 12.4. The number of carboxylic acid groups (broad SMARTS) is 1. The predicted octanol–water partition coefficient (Wildman–Crippen LogP) is 5.50. The summed E-state index contributed by atoms with van der Waals surface area (Å²) in [4.78, 5) is 24.1. The van der Waals surface area contributed by atoms with Gasteiger partial charge in [0, 0.05) is 9.13 Å². The van der Waals surface area contributed by atoms with Crippen LogP contribution in [0.3, 0.4) is 0 Å². The Hall–Kier alpha value is -2.85. The van der Waals surface area contributed by atoms with Gasteiger partial charge < -0.3 is 19.9 Å². The molecule has 32 heavy (non-hydrogen) atoms. The lowest BCUT2D eigenvalue weighted by Crippen LogP contribution is -2.27. The zero-order valence-corrected chi connectivity index (χ0v) is 20.7. The number of carboxylic acids is 1. The van der Waals surface area contributed by atoms with Crippen LogP contribution in [0, 0.1) is 3.57 Å². The van der Waals surface area contributed by atoms with E-state index in [1.165, 1.54) is 13.2 Å². The summed E-state index contributed by atoms with van der Waals surface area (Å²) >= 11 is 5.71. The number of methoxy groups -OCH3 is 1. The third-order valence-corrected chi connectivity index (χ3v) is 5.68. The van der Waals surface area contributed by atoms with Crippen LogP contribution in [0.25, 0.3) is 6.08 Å². The second-order valence-electron chi connectivity index (χ2n) is 6.63. The molecule has 0 radical (unpaired) electrons. The molecule has 0 unspecified atom stereocenters. The highest BCUT2D eigenvalue weighted by Gasteiger charge is 2.16. The van der Waals surface area contributed by atoms with Gasteiger partial charge in [0.1, 0.15) is 12.3 Å². The number of hydrogen-bond donors (Lipinski definition) is 2. The van der Waals surface area contributed by atoms with Gasteiger partial charge in [-0.25, -0.2) is 4.79 Å². The van der Waals surface area contributed by atoms with E-state index in [9.17, 15) is 14.7 Å². The summed E-state index contributed by atoms with van der Waals surface area (Å²) in [5.41, 5.74) is 1.61. The third kappa shape index (κ3) is 6.33. The lowest BCUT2D eigenvalue weighted by atomic mass is 10.1. The molecule has 3 rings (SSSR count). The normalized spacial score (nSPS) is 11.0. The summed E-state index contributed by atoms with van der Waals surface area (Å²) in [6.07, 6.45) is 1.36. The molecule has 0 aliphatic heterocycles. The minimum absolute atomic E-state index is 0.264. The number of amides is 1. The quantitative estimate of drug-likeness (QED) is 0.261. The molecule has 2 N–H and O–H groups in total. The van der Waals surface area contributed by atoms with Crippen molar-refractivity contribution in [3.8, 4) is 11.5 Å². The molecule has 0 saturated heterocycles. The van der Waals surface area contributed by atoms with Gasteiger partial charge in [0.25, 0.3) is 5.91 Å². The largest absolute Gasteiger partial charge is 0.493 e. The Balaban J connectivity index is 1.83. The fourth-order valence-corrected chi connectivity index (χ4v) is 3.74. The molecule has 3 aromatic carbocycles. The summed E-state index contributed by atoms with van der Waals surface area (Å²) < 4.78 is 13.1. The molecular formula is C24H19BrINO5. The Labute approximate surface area is 207 Å². The van der Waals surface area contributed by atoms with E-state index >= 15 is 0 Å². The first-order valence-corrected chi connectivity index (χ1v) is 11.3. The Bertz CT molecular complexity index is 1150. The summed E-state index contributed by atoms with van der Waals surface area (Å²) in [5, 5.41) is 12.0. The third-order valence-electron chi connectivity index (χ3n) is 4.37. The fourth-order valence-electron chi connectivity index (χ4n) is 2.80. The number of rotatable bonds is 8. The lowest BCUT2D eigenvalue weighted by Gasteiger charge is -2.14. The second-order valence-corrected chi connectivity index (χ2v) is 8.73. The molecule has 0 saturated carbocycles. The molecule has 0 atom stereocenters. The van der Waals surface area contributed by atoms with Crippen LogP contribution in [0.1, 0.15) is 21.5 Å². The molecular weight excluding hydrogens is 589 g/mol. The van der Waals surface area contributed by atoms with Crippen molar-refractivity contribution in [3.63, 3.8) is 0 Å². The Kier molecular flexibility index (Phi) is 8.29. The zero-order chi connectivity index (χ0) is 23.1. The number of ether oxygens (including phenoxy) is 2. The topological polar surface area (TPSA) is 84.9 Å². The Morgan fingerprint density at radius 1 is 1.09 bits per heavy atom. The zero-order valence-electron chi connectivity index (χ0n) is 17.0. The van der Waals surface area contributed by atoms with Crippen molar-refractivity contribution < 1.29 is 24.2 Å². The van der Waals surface area contributed by atoms with Crippen LogP contribution in [0.2, 0.25) is 0 Å². The fraction of sp³-hybridized carbons (Fsp3) is 0.0833. The standard InChI is InChI=1S/C24H19BrINO5/c1-31-21-13-16(11-19(25)22(21)32-14-15-7-9-18(26)10-8-15)12-20(24(29)30)27-23(28)17-5-3-2-4-6-17/h2-13H,14H2,1H3,(H,27,28)(H,29,30)/b20-12+. The number of aliphatic carboxylic acids is 1. The van der Waals surface area contributed by atoms with Gasteiger partial charge in [-0.15, -0.1) is 0 Å². The van der Waals surface area contributed by atoms with Gasteiger partial charge in [0.2, 0.25) is 0 Å². The lowest BCUT2D eigenvalue weighted by molar-refractivity contribution is -0.132. The predicted molar refractivity (Wildman–Crippen MR) is 134 cm³/mol. The average molecular weight is 608 g/mol. The van der Waals surface area contributed by atoms with E-state index < -0.39 is 11.9 Å². The van der Waals surface area contributed by atoms with E-state index in [4.69, 9.17) is 9.47 Å². The monoisotopic (exact) mass is 607 g/mol. The van der Waals surface area contributed by atoms with E-state index in [0.29, 0.717) is 33.7 Å². The minimum Gasteiger partial charge on any atom is -0.493 e. The average Bonchev–Trinajstić information content (AvgIpc) is 2.79. The smallest absolute Gasteiger partial charge is 0.352 e. The number of halogens is 2. The van der Waals surface area contributed by atoms with Gasteiger partial charge in [-0.3, -0.25) is 4.79 Å². The van der Waals surface area contributed by atoms with Crippen LogP contribution >= 0.6 is 38.5 Å². The van der Waals surface area contributed by atoms with Crippen molar-refractivity contribution in [2.24, 2.45) is 0 Å². The van der Waals surface area contributed by atoms with Crippen molar-refractivity contribution in [1.29, 1.82) is 0 Å². The molecule has 0 aromatic heterocycles. The van der Waals surface area contributed by atoms with Gasteiger partial charge in [-0.05, 0) is 92.1 Å². The molecule has 0 fully saturated rings. The molecule has 6 nitrogen and oxygen atoms in total. The molecule has 0 spiro atoms. The van der Waals surface area contributed by atoms with Crippen LogP contribution < -0.4 is 14.8 Å². The number of carbonyl (C=O) groups is 2. The molecule has 8 heteroatoms. The molecule has 3 aromatic rings. The molecule has 0 heterocycles. The van der Waals surface area contributed by atoms with Crippen LogP contribution in [0.4, 0.5) is 0 Å². The van der Waals surface area contributed by atoms with Gasteiger partial charge >= 0.3 is 5.97 Å². The van der Waals surface area contributed by atoms with Gasteiger partial charge in [0.15, 0.2) is 11.5 Å².